The summed E-state index contributed by atoms with van der Waals surface area (Å²) in [6.07, 6.45) is -0.0516. The van der Waals surface area contributed by atoms with Gasteiger partial charge in [0.25, 0.3) is 0 Å². The van der Waals surface area contributed by atoms with Gasteiger partial charge in [-0.15, -0.1) is 0 Å². The molecule has 5 nitrogen and oxygen atoms in total. The number of amides is 1. The fourth-order valence-electron chi connectivity index (χ4n) is 0.904. The first kappa shape index (κ1) is 12.9. The lowest BCUT2D eigenvalue weighted by molar-refractivity contribution is -0.144. The van der Waals surface area contributed by atoms with E-state index in [1.807, 2.05) is 20.8 Å². The first-order chi connectivity index (χ1) is 6.26. The third kappa shape index (κ3) is 5.53. The number of carbonyl (C=O) groups is 2. The Balaban J connectivity index is 4.01. The van der Waals surface area contributed by atoms with Gasteiger partial charge in [0.05, 0.1) is 13.5 Å². The molecule has 0 saturated heterocycles. The minimum absolute atomic E-state index is 0.0516. The van der Waals surface area contributed by atoms with Crippen molar-refractivity contribution in [3.63, 3.8) is 0 Å². The van der Waals surface area contributed by atoms with Gasteiger partial charge in [0.15, 0.2) is 0 Å². The van der Waals surface area contributed by atoms with E-state index in [0.29, 0.717) is 0 Å². The molecule has 14 heavy (non-hydrogen) atoms. The molecule has 82 valence electrons. The molecule has 0 fully saturated rings. The van der Waals surface area contributed by atoms with Gasteiger partial charge in [-0.3, -0.25) is 9.59 Å². The molecule has 0 aliphatic carbocycles. The fraction of sp³-hybridized carbons (Fsp3) is 0.778. The number of rotatable bonds is 3. The average molecular weight is 202 g/mol. The maximum atomic E-state index is 11.3. The molecule has 0 unspecified atom stereocenters. The number of hydrogen-bond donors (Lipinski definition) is 2. The van der Waals surface area contributed by atoms with E-state index in [1.165, 1.54) is 7.11 Å². The van der Waals surface area contributed by atoms with Crippen LogP contribution in [0.25, 0.3) is 0 Å². The van der Waals surface area contributed by atoms with Crippen molar-refractivity contribution in [2.45, 2.75) is 38.8 Å². The largest absolute Gasteiger partial charge is 0.468 e. The lowest BCUT2D eigenvalue weighted by Gasteiger charge is -2.21. The molecule has 5 heteroatoms. The van der Waals surface area contributed by atoms with Crippen LogP contribution in [-0.2, 0) is 14.3 Å². The number of nitrogens with two attached hydrogens (primary N) is 1. The van der Waals surface area contributed by atoms with Gasteiger partial charge in [0.1, 0.15) is 6.04 Å². The van der Waals surface area contributed by atoms with Crippen LogP contribution in [0.2, 0.25) is 0 Å². The van der Waals surface area contributed by atoms with E-state index in [1.54, 1.807) is 0 Å². The van der Waals surface area contributed by atoms with Gasteiger partial charge in [-0.2, -0.15) is 0 Å². The third-order valence-electron chi connectivity index (χ3n) is 1.42. The van der Waals surface area contributed by atoms with E-state index in [4.69, 9.17) is 5.73 Å². The Morgan fingerprint density at radius 1 is 1.43 bits per heavy atom. The summed E-state index contributed by atoms with van der Waals surface area (Å²) in [6.45, 7) is 5.57. The lowest BCUT2D eigenvalue weighted by atomic mass is 10.1. The zero-order valence-corrected chi connectivity index (χ0v) is 9.09. The van der Waals surface area contributed by atoms with Gasteiger partial charge in [-0.1, -0.05) is 0 Å². The second kappa shape index (κ2) is 4.95. The van der Waals surface area contributed by atoms with Crippen molar-refractivity contribution >= 4 is 11.9 Å². The summed E-state index contributed by atoms with van der Waals surface area (Å²) < 4.78 is 4.40. The second-order valence-electron chi connectivity index (χ2n) is 4.13. The van der Waals surface area contributed by atoms with E-state index < -0.39 is 12.0 Å². The summed E-state index contributed by atoms with van der Waals surface area (Å²) in [5, 5.41) is 2.70. The fourth-order valence-corrected chi connectivity index (χ4v) is 0.904. The van der Waals surface area contributed by atoms with Crippen molar-refractivity contribution in [1.29, 1.82) is 0 Å². The number of nitrogens with one attached hydrogen (secondary N) is 1. The quantitative estimate of drug-likeness (QED) is 0.620. The molecule has 0 saturated carbocycles. The van der Waals surface area contributed by atoms with Crippen LogP contribution >= 0.6 is 0 Å². The predicted octanol–water partition coefficient (Wildman–Crippen LogP) is -0.208. The van der Waals surface area contributed by atoms with Crippen molar-refractivity contribution in [1.82, 2.24) is 5.32 Å². The molecule has 0 radical (unpaired) electrons. The minimum atomic E-state index is -0.887. The Bertz CT molecular complexity index is 221. The molecule has 0 aliphatic heterocycles. The SMILES string of the molecule is COC(=O)[C@H](N)CC(=O)NC(C)(C)C. The van der Waals surface area contributed by atoms with E-state index in [9.17, 15) is 9.59 Å². The van der Waals surface area contributed by atoms with Gasteiger partial charge in [0, 0.05) is 5.54 Å². The molecule has 0 aromatic carbocycles. The van der Waals surface area contributed by atoms with Gasteiger partial charge in [-0.25, -0.2) is 0 Å². The second-order valence-corrected chi connectivity index (χ2v) is 4.13. The highest BCUT2D eigenvalue weighted by Crippen LogP contribution is 2.00. The zero-order chi connectivity index (χ0) is 11.4. The Kier molecular flexibility index (Phi) is 4.56. The summed E-state index contributed by atoms with van der Waals surface area (Å²) >= 11 is 0. The molecular weight excluding hydrogens is 184 g/mol. The zero-order valence-electron chi connectivity index (χ0n) is 9.09. The standard InChI is InChI=1S/C9H18N2O3/c1-9(2,3)11-7(12)5-6(10)8(13)14-4/h6H,5,10H2,1-4H3,(H,11,12)/t6-/m1/s1. The van der Waals surface area contributed by atoms with Crippen LogP contribution in [0.1, 0.15) is 27.2 Å². The van der Waals surface area contributed by atoms with Crippen molar-refractivity contribution in [2.24, 2.45) is 5.73 Å². The Labute approximate surface area is 84.0 Å². The maximum Gasteiger partial charge on any atom is 0.323 e. The first-order valence-corrected chi connectivity index (χ1v) is 4.40. The van der Waals surface area contributed by atoms with Crippen LogP contribution in [0.3, 0.4) is 0 Å². The summed E-state index contributed by atoms with van der Waals surface area (Å²) in [6, 6.07) is -0.887. The van der Waals surface area contributed by atoms with Gasteiger partial charge >= 0.3 is 5.97 Å². The van der Waals surface area contributed by atoms with E-state index >= 15 is 0 Å². The molecular formula is C9H18N2O3. The summed E-state index contributed by atoms with van der Waals surface area (Å²) in [5.41, 5.74) is 5.10. The molecule has 0 heterocycles. The molecule has 1 atom stereocenters. The van der Waals surface area contributed by atoms with Crippen molar-refractivity contribution in [2.75, 3.05) is 7.11 Å². The number of esters is 1. The van der Waals surface area contributed by atoms with Crippen LogP contribution in [0.4, 0.5) is 0 Å². The topological polar surface area (TPSA) is 81.4 Å². The molecule has 0 aromatic heterocycles. The summed E-state index contributed by atoms with van der Waals surface area (Å²) in [5.74, 6) is -0.829. The van der Waals surface area contributed by atoms with E-state index in [0.717, 1.165) is 0 Å². The number of methoxy groups -OCH3 is 1. The molecule has 0 aliphatic rings. The minimum Gasteiger partial charge on any atom is -0.468 e. The first-order valence-electron chi connectivity index (χ1n) is 4.40. The van der Waals surface area contributed by atoms with Gasteiger partial charge in [0.2, 0.25) is 5.91 Å². The van der Waals surface area contributed by atoms with E-state index in [2.05, 4.69) is 10.1 Å². The predicted molar refractivity (Wildman–Crippen MR) is 52.5 cm³/mol. The highest BCUT2D eigenvalue weighted by molar-refractivity contribution is 5.85. The van der Waals surface area contributed by atoms with Crippen LogP contribution in [0, 0.1) is 0 Å². The molecule has 0 rings (SSSR count). The Morgan fingerprint density at radius 3 is 2.29 bits per heavy atom. The molecule has 0 aromatic rings. The van der Waals surface area contributed by atoms with Gasteiger partial charge < -0.3 is 15.8 Å². The highest BCUT2D eigenvalue weighted by atomic mass is 16.5. The van der Waals surface area contributed by atoms with Crippen LogP contribution in [-0.4, -0.2) is 30.6 Å². The van der Waals surface area contributed by atoms with Gasteiger partial charge in [-0.05, 0) is 20.8 Å². The normalized spacial score (nSPS) is 13.2. The van der Waals surface area contributed by atoms with Crippen molar-refractivity contribution in [3.8, 4) is 0 Å². The number of ether oxygens (including phenoxy) is 1. The van der Waals surface area contributed by atoms with E-state index in [-0.39, 0.29) is 17.9 Å². The third-order valence-corrected chi connectivity index (χ3v) is 1.42. The highest BCUT2D eigenvalue weighted by Gasteiger charge is 2.20. The molecule has 3 N–H and O–H groups in total. The maximum absolute atomic E-state index is 11.3. The molecule has 0 spiro atoms. The Hall–Kier alpha value is -1.10. The smallest absolute Gasteiger partial charge is 0.323 e. The Morgan fingerprint density at radius 2 is 1.93 bits per heavy atom. The summed E-state index contributed by atoms with van der Waals surface area (Å²) in [7, 11) is 1.24. The number of hydrogen-bond acceptors (Lipinski definition) is 4. The molecule has 0 bridgehead atoms. The van der Waals surface area contributed by atoms with Crippen LogP contribution in [0.15, 0.2) is 0 Å². The number of carbonyl (C=O) groups excluding carboxylic acids is 2. The van der Waals surface area contributed by atoms with Crippen molar-refractivity contribution < 1.29 is 14.3 Å². The van der Waals surface area contributed by atoms with Crippen molar-refractivity contribution in [3.05, 3.63) is 0 Å². The summed E-state index contributed by atoms with van der Waals surface area (Å²) in [4.78, 5) is 22.2. The molecule has 1 amide bonds. The lowest BCUT2D eigenvalue weighted by Crippen LogP contribution is -2.44. The average Bonchev–Trinajstić information content (AvgIpc) is 1.99. The monoisotopic (exact) mass is 202 g/mol. The van der Waals surface area contributed by atoms with Crippen LogP contribution < -0.4 is 11.1 Å². The van der Waals surface area contributed by atoms with Crippen LogP contribution in [0.5, 0.6) is 0 Å².